The molecule has 0 saturated carbocycles. The van der Waals surface area contributed by atoms with Crippen LogP contribution in [-0.2, 0) is 11.2 Å². The van der Waals surface area contributed by atoms with Crippen LogP contribution in [0.25, 0.3) is 0 Å². The number of carboxylic acid groups (broad SMARTS) is 1. The van der Waals surface area contributed by atoms with Crippen LogP contribution in [-0.4, -0.2) is 33.4 Å². The van der Waals surface area contributed by atoms with E-state index < -0.39 is 17.5 Å². The number of nitrogens with one attached hydrogen (secondary N) is 1. The molecular weight excluding hydrogens is 262 g/mol. The summed E-state index contributed by atoms with van der Waals surface area (Å²) in [6.45, 7) is 5.08. The van der Waals surface area contributed by atoms with Gasteiger partial charge in [-0.05, 0) is 39.2 Å². The van der Waals surface area contributed by atoms with Gasteiger partial charge in [-0.15, -0.1) is 0 Å². The molecule has 1 aliphatic carbocycles. The second kappa shape index (κ2) is 4.77. The minimum atomic E-state index is -1.22. The maximum Gasteiger partial charge on any atom is 0.356 e. The summed E-state index contributed by atoms with van der Waals surface area (Å²) in [5.41, 5.74) is -0.373. The number of rotatable bonds is 2. The van der Waals surface area contributed by atoms with Crippen molar-refractivity contribution in [3.8, 4) is 0 Å². The monoisotopic (exact) mass is 279 g/mol. The lowest BCUT2D eigenvalue weighted by molar-refractivity contribution is 0.00598. The van der Waals surface area contributed by atoms with Crippen LogP contribution in [0, 0.1) is 0 Å². The molecule has 0 atom stereocenters. The predicted molar refractivity (Wildman–Crippen MR) is 70.2 cm³/mol. The largest absolute Gasteiger partial charge is 0.478 e. The van der Waals surface area contributed by atoms with Crippen molar-refractivity contribution in [2.45, 2.75) is 45.6 Å². The molecule has 6 heteroatoms. The van der Waals surface area contributed by atoms with E-state index in [-0.39, 0.29) is 22.7 Å². The second-order valence-corrected chi connectivity index (χ2v) is 5.81. The SMILES string of the molecule is CC(C)(C)OC(=O)c1[nH]c2c(c1C(=O)O)CCCC2=O. The summed E-state index contributed by atoms with van der Waals surface area (Å²) in [4.78, 5) is 37.9. The lowest BCUT2D eigenvalue weighted by atomic mass is 9.93. The van der Waals surface area contributed by atoms with Gasteiger partial charge in [0.1, 0.15) is 11.3 Å². The molecule has 0 amide bonds. The first-order chi connectivity index (χ1) is 9.20. The first kappa shape index (κ1) is 14.3. The summed E-state index contributed by atoms with van der Waals surface area (Å²) in [5, 5.41) is 9.30. The molecule has 0 unspecified atom stereocenters. The Morgan fingerprint density at radius 2 is 1.90 bits per heavy atom. The van der Waals surface area contributed by atoms with Crippen molar-refractivity contribution in [1.29, 1.82) is 0 Å². The number of Topliss-reactive ketones (excluding diaryl/α,β-unsaturated/α-hetero) is 1. The highest BCUT2D eigenvalue weighted by molar-refractivity contribution is 6.08. The number of ketones is 1. The van der Waals surface area contributed by atoms with E-state index >= 15 is 0 Å². The maximum atomic E-state index is 12.1. The molecule has 0 aliphatic heterocycles. The van der Waals surface area contributed by atoms with E-state index in [1.165, 1.54) is 0 Å². The third kappa shape index (κ3) is 2.59. The molecule has 1 heterocycles. The van der Waals surface area contributed by atoms with E-state index in [1.54, 1.807) is 20.8 Å². The summed E-state index contributed by atoms with van der Waals surface area (Å²) < 4.78 is 5.18. The second-order valence-electron chi connectivity index (χ2n) is 5.81. The van der Waals surface area contributed by atoms with Crippen LogP contribution in [0.15, 0.2) is 0 Å². The number of hydrogen-bond donors (Lipinski definition) is 2. The highest BCUT2D eigenvalue weighted by atomic mass is 16.6. The van der Waals surface area contributed by atoms with E-state index in [0.29, 0.717) is 24.8 Å². The summed E-state index contributed by atoms with van der Waals surface area (Å²) in [6.07, 6.45) is 1.43. The molecule has 6 nitrogen and oxygen atoms in total. The molecule has 1 aromatic heterocycles. The maximum absolute atomic E-state index is 12.1. The molecule has 108 valence electrons. The highest BCUT2D eigenvalue weighted by Gasteiger charge is 2.33. The van der Waals surface area contributed by atoms with Gasteiger partial charge in [-0.3, -0.25) is 4.79 Å². The molecule has 2 N–H and O–H groups in total. The third-order valence-electron chi connectivity index (χ3n) is 3.03. The summed E-state index contributed by atoms with van der Waals surface area (Å²) in [6, 6.07) is 0. The molecule has 0 saturated heterocycles. The number of carbonyl (C=O) groups is 3. The Morgan fingerprint density at radius 3 is 2.45 bits per heavy atom. The molecule has 0 radical (unpaired) electrons. The summed E-state index contributed by atoms with van der Waals surface area (Å²) >= 11 is 0. The number of carboxylic acids is 1. The Morgan fingerprint density at radius 1 is 1.25 bits per heavy atom. The Kier molecular flexibility index (Phi) is 3.41. The van der Waals surface area contributed by atoms with Gasteiger partial charge in [0.15, 0.2) is 5.78 Å². The van der Waals surface area contributed by atoms with Crippen molar-refractivity contribution < 1.29 is 24.2 Å². The lowest BCUT2D eigenvalue weighted by Gasteiger charge is -2.19. The molecule has 0 bridgehead atoms. The molecule has 1 aliphatic rings. The van der Waals surface area contributed by atoms with Crippen LogP contribution in [0.2, 0.25) is 0 Å². The van der Waals surface area contributed by atoms with Crippen LogP contribution in [0.3, 0.4) is 0 Å². The Hall–Kier alpha value is -2.11. The van der Waals surface area contributed by atoms with E-state index in [9.17, 15) is 19.5 Å². The van der Waals surface area contributed by atoms with Gasteiger partial charge >= 0.3 is 11.9 Å². The molecule has 0 spiro atoms. The van der Waals surface area contributed by atoms with Crippen molar-refractivity contribution in [2.24, 2.45) is 0 Å². The number of aromatic nitrogens is 1. The average molecular weight is 279 g/mol. The molecule has 0 aromatic carbocycles. The topological polar surface area (TPSA) is 96.5 Å². The van der Waals surface area contributed by atoms with Crippen molar-refractivity contribution in [3.63, 3.8) is 0 Å². The molecule has 1 aromatic rings. The number of aromatic carboxylic acids is 1. The van der Waals surface area contributed by atoms with Crippen molar-refractivity contribution >= 4 is 17.7 Å². The first-order valence-corrected chi connectivity index (χ1v) is 6.45. The Labute approximate surface area is 116 Å². The summed E-state index contributed by atoms with van der Waals surface area (Å²) in [7, 11) is 0. The van der Waals surface area contributed by atoms with Gasteiger partial charge < -0.3 is 14.8 Å². The lowest BCUT2D eigenvalue weighted by Crippen LogP contribution is -2.25. The number of H-pyrrole nitrogens is 1. The zero-order valence-corrected chi connectivity index (χ0v) is 11.7. The van der Waals surface area contributed by atoms with Gasteiger partial charge in [0, 0.05) is 6.42 Å². The van der Waals surface area contributed by atoms with Crippen molar-refractivity contribution in [2.75, 3.05) is 0 Å². The van der Waals surface area contributed by atoms with Gasteiger partial charge in [-0.2, -0.15) is 0 Å². The summed E-state index contributed by atoms with van der Waals surface area (Å²) in [5.74, 6) is -2.14. The number of fused-ring (bicyclic) bond motifs is 1. The normalized spacial score (nSPS) is 14.8. The minimum Gasteiger partial charge on any atom is -0.478 e. The van der Waals surface area contributed by atoms with Crippen LogP contribution in [0.5, 0.6) is 0 Å². The Bertz CT molecular complexity index is 591. The third-order valence-corrected chi connectivity index (χ3v) is 3.03. The number of esters is 1. The van der Waals surface area contributed by atoms with Crippen molar-refractivity contribution in [1.82, 2.24) is 4.98 Å². The van der Waals surface area contributed by atoms with Gasteiger partial charge in [-0.25, -0.2) is 9.59 Å². The van der Waals surface area contributed by atoms with E-state index in [1.807, 2.05) is 0 Å². The number of ether oxygens (including phenoxy) is 1. The molecule has 2 rings (SSSR count). The first-order valence-electron chi connectivity index (χ1n) is 6.45. The fourth-order valence-electron chi connectivity index (χ4n) is 2.30. The number of carbonyl (C=O) groups excluding carboxylic acids is 2. The molecular formula is C14H17NO5. The predicted octanol–water partition coefficient (Wildman–Crippen LogP) is 2.19. The van der Waals surface area contributed by atoms with Crippen LogP contribution >= 0.6 is 0 Å². The zero-order valence-electron chi connectivity index (χ0n) is 11.7. The van der Waals surface area contributed by atoms with Crippen LogP contribution < -0.4 is 0 Å². The van der Waals surface area contributed by atoms with Gasteiger partial charge in [0.2, 0.25) is 0 Å². The van der Waals surface area contributed by atoms with Crippen LogP contribution in [0.4, 0.5) is 0 Å². The van der Waals surface area contributed by atoms with Crippen LogP contribution in [0.1, 0.15) is 70.5 Å². The smallest absolute Gasteiger partial charge is 0.356 e. The van der Waals surface area contributed by atoms with E-state index in [2.05, 4.69) is 4.98 Å². The quantitative estimate of drug-likeness (QED) is 0.809. The zero-order chi connectivity index (χ0) is 15.1. The van der Waals surface area contributed by atoms with Gasteiger partial charge in [0.05, 0.1) is 11.3 Å². The van der Waals surface area contributed by atoms with E-state index in [4.69, 9.17) is 4.74 Å². The fraction of sp³-hybridized carbons (Fsp3) is 0.500. The van der Waals surface area contributed by atoms with Gasteiger partial charge in [0.25, 0.3) is 0 Å². The Balaban J connectivity index is 2.51. The highest BCUT2D eigenvalue weighted by Crippen LogP contribution is 2.28. The van der Waals surface area contributed by atoms with Crippen molar-refractivity contribution in [3.05, 3.63) is 22.5 Å². The minimum absolute atomic E-state index is 0.137. The number of aromatic amines is 1. The number of hydrogen-bond acceptors (Lipinski definition) is 4. The average Bonchev–Trinajstić information content (AvgIpc) is 2.67. The standard InChI is InChI=1S/C14H17NO5/c1-14(2,3)20-13(19)11-9(12(17)18)7-5-4-6-8(16)10(7)15-11/h15H,4-6H2,1-3H3,(H,17,18). The molecule has 0 fully saturated rings. The van der Waals surface area contributed by atoms with Gasteiger partial charge in [-0.1, -0.05) is 0 Å². The molecule has 20 heavy (non-hydrogen) atoms. The fourth-order valence-corrected chi connectivity index (χ4v) is 2.30. The van der Waals surface area contributed by atoms with E-state index in [0.717, 1.165) is 0 Å².